The third-order valence-corrected chi connectivity index (χ3v) is 2.46. The summed E-state index contributed by atoms with van der Waals surface area (Å²) in [5.74, 6) is 0.887. The van der Waals surface area contributed by atoms with Crippen LogP contribution in [0.1, 0.15) is 16.9 Å². The van der Waals surface area contributed by atoms with Crippen molar-refractivity contribution >= 4 is 0 Å². The Bertz CT molecular complexity index is 508. The molecular formula is C13H14FNO2. The molecule has 0 atom stereocenters. The van der Waals surface area contributed by atoms with Gasteiger partial charge in [-0.15, -0.1) is 0 Å². The molecule has 0 radical (unpaired) electrons. The fraction of sp³-hybridized carbons (Fsp3) is 0.231. The van der Waals surface area contributed by atoms with E-state index in [0.717, 1.165) is 11.1 Å². The van der Waals surface area contributed by atoms with Crippen molar-refractivity contribution in [3.05, 3.63) is 53.2 Å². The lowest BCUT2D eigenvalue weighted by molar-refractivity contribution is 0.267. The van der Waals surface area contributed by atoms with E-state index in [9.17, 15) is 4.39 Å². The van der Waals surface area contributed by atoms with Crippen LogP contribution >= 0.6 is 0 Å². The molecule has 0 bridgehead atoms. The first-order valence-corrected chi connectivity index (χ1v) is 5.34. The molecule has 1 aromatic carbocycles. The predicted molar refractivity (Wildman–Crippen MR) is 62.1 cm³/mol. The number of ether oxygens (including phenoxy) is 1. The van der Waals surface area contributed by atoms with Gasteiger partial charge in [0.15, 0.2) is 0 Å². The molecule has 0 aliphatic heterocycles. The smallest absolute Gasteiger partial charge is 0.146 e. The summed E-state index contributed by atoms with van der Waals surface area (Å²) < 4.78 is 23.7. The van der Waals surface area contributed by atoms with Gasteiger partial charge in [-0.05, 0) is 24.6 Å². The molecular weight excluding hydrogens is 221 g/mol. The number of nitrogens with two attached hydrogens (primary N) is 1. The van der Waals surface area contributed by atoms with Crippen LogP contribution in [0.3, 0.4) is 0 Å². The van der Waals surface area contributed by atoms with Crippen molar-refractivity contribution in [1.82, 2.24) is 0 Å². The van der Waals surface area contributed by atoms with Gasteiger partial charge < -0.3 is 14.9 Å². The summed E-state index contributed by atoms with van der Waals surface area (Å²) in [4.78, 5) is 0. The zero-order valence-electron chi connectivity index (χ0n) is 9.57. The molecule has 1 aromatic heterocycles. The third-order valence-electron chi connectivity index (χ3n) is 2.46. The van der Waals surface area contributed by atoms with Gasteiger partial charge in [-0.3, -0.25) is 0 Å². The highest BCUT2D eigenvalue weighted by atomic mass is 19.1. The van der Waals surface area contributed by atoms with E-state index in [1.54, 1.807) is 12.3 Å². The van der Waals surface area contributed by atoms with Crippen molar-refractivity contribution < 1.29 is 13.5 Å². The Morgan fingerprint density at radius 2 is 2.18 bits per heavy atom. The van der Waals surface area contributed by atoms with Crippen LogP contribution in [-0.4, -0.2) is 0 Å². The van der Waals surface area contributed by atoms with Gasteiger partial charge in [0, 0.05) is 18.2 Å². The summed E-state index contributed by atoms with van der Waals surface area (Å²) >= 11 is 0. The van der Waals surface area contributed by atoms with Gasteiger partial charge in [-0.2, -0.15) is 0 Å². The first-order chi connectivity index (χ1) is 8.19. The predicted octanol–water partition coefficient (Wildman–Crippen LogP) is 2.76. The highest BCUT2D eigenvalue weighted by molar-refractivity contribution is 5.32. The van der Waals surface area contributed by atoms with E-state index in [2.05, 4.69) is 0 Å². The fourth-order valence-corrected chi connectivity index (χ4v) is 1.49. The van der Waals surface area contributed by atoms with E-state index in [1.807, 2.05) is 13.0 Å². The van der Waals surface area contributed by atoms with Crippen LogP contribution in [0.5, 0.6) is 5.75 Å². The molecule has 90 valence electrons. The summed E-state index contributed by atoms with van der Waals surface area (Å²) in [5.41, 5.74) is 7.27. The molecule has 2 N–H and O–H groups in total. The highest BCUT2D eigenvalue weighted by Gasteiger charge is 2.05. The summed E-state index contributed by atoms with van der Waals surface area (Å²) in [7, 11) is 0. The van der Waals surface area contributed by atoms with Crippen LogP contribution in [0, 0.1) is 12.7 Å². The number of furan rings is 1. The molecule has 0 spiro atoms. The summed E-state index contributed by atoms with van der Waals surface area (Å²) in [6.45, 7) is 2.56. The lowest BCUT2D eigenvalue weighted by Gasteiger charge is -2.07. The largest absolute Gasteiger partial charge is 0.485 e. The van der Waals surface area contributed by atoms with Gasteiger partial charge >= 0.3 is 0 Å². The van der Waals surface area contributed by atoms with E-state index in [-0.39, 0.29) is 12.4 Å². The molecule has 4 heteroatoms. The number of halogens is 1. The van der Waals surface area contributed by atoms with Crippen LogP contribution < -0.4 is 10.5 Å². The Morgan fingerprint density at radius 1 is 1.35 bits per heavy atom. The molecule has 0 aliphatic carbocycles. The minimum absolute atomic E-state index is 0.268. The zero-order chi connectivity index (χ0) is 12.3. The molecule has 0 saturated carbocycles. The minimum atomic E-state index is -0.312. The SMILES string of the molecule is Cc1ccc(F)cc1OCc1cc(CN)co1. The maximum absolute atomic E-state index is 13.0. The molecule has 0 saturated heterocycles. The lowest BCUT2D eigenvalue weighted by Crippen LogP contribution is -1.97. The molecule has 0 fully saturated rings. The summed E-state index contributed by atoms with van der Waals surface area (Å²) in [5, 5.41) is 0. The summed E-state index contributed by atoms with van der Waals surface area (Å²) in [6.07, 6.45) is 1.59. The van der Waals surface area contributed by atoms with E-state index in [0.29, 0.717) is 18.1 Å². The van der Waals surface area contributed by atoms with E-state index in [4.69, 9.17) is 14.9 Å². The number of hydrogen-bond acceptors (Lipinski definition) is 3. The molecule has 0 aliphatic rings. The Labute approximate surface area is 99.0 Å². The van der Waals surface area contributed by atoms with Crippen LogP contribution in [0.15, 0.2) is 34.9 Å². The van der Waals surface area contributed by atoms with Gasteiger partial charge in [0.25, 0.3) is 0 Å². The normalized spacial score (nSPS) is 10.5. The second kappa shape index (κ2) is 5.01. The van der Waals surface area contributed by atoms with Gasteiger partial charge in [-0.25, -0.2) is 4.39 Å². The second-order valence-corrected chi connectivity index (χ2v) is 3.82. The minimum Gasteiger partial charge on any atom is -0.485 e. The Hall–Kier alpha value is -1.81. The standard InChI is InChI=1S/C13H14FNO2/c1-9-2-3-11(14)5-13(9)17-8-12-4-10(6-15)7-16-12/h2-5,7H,6,8,15H2,1H3. The topological polar surface area (TPSA) is 48.4 Å². The lowest BCUT2D eigenvalue weighted by atomic mass is 10.2. The molecule has 3 nitrogen and oxygen atoms in total. The van der Waals surface area contributed by atoms with Crippen LogP contribution in [-0.2, 0) is 13.2 Å². The first kappa shape index (κ1) is 11.7. The number of rotatable bonds is 4. The fourth-order valence-electron chi connectivity index (χ4n) is 1.49. The second-order valence-electron chi connectivity index (χ2n) is 3.82. The molecule has 2 aromatic rings. The molecule has 17 heavy (non-hydrogen) atoms. The number of aryl methyl sites for hydroxylation is 1. The average Bonchev–Trinajstić information content (AvgIpc) is 2.78. The number of hydrogen-bond donors (Lipinski definition) is 1. The van der Waals surface area contributed by atoms with Crippen molar-refractivity contribution in [3.8, 4) is 5.75 Å². The van der Waals surface area contributed by atoms with Crippen molar-refractivity contribution in [2.24, 2.45) is 5.73 Å². The van der Waals surface area contributed by atoms with Gasteiger partial charge in [0.1, 0.15) is 23.9 Å². The number of benzene rings is 1. The van der Waals surface area contributed by atoms with E-state index in [1.165, 1.54) is 12.1 Å². The van der Waals surface area contributed by atoms with Gasteiger partial charge in [0.2, 0.25) is 0 Å². The van der Waals surface area contributed by atoms with Crippen LogP contribution in [0.25, 0.3) is 0 Å². The third kappa shape index (κ3) is 2.85. The Morgan fingerprint density at radius 3 is 2.88 bits per heavy atom. The maximum atomic E-state index is 13.0. The van der Waals surface area contributed by atoms with Crippen molar-refractivity contribution in [3.63, 3.8) is 0 Å². The van der Waals surface area contributed by atoms with Crippen LogP contribution in [0.4, 0.5) is 4.39 Å². The average molecular weight is 235 g/mol. The van der Waals surface area contributed by atoms with E-state index < -0.39 is 0 Å². The first-order valence-electron chi connectivity index (χ1n) is 5.34. The van der Waals surface area contributed by atoms with E-state index >= 15 is 0 Å². The van der Waals surface area contributed by atoms with Crippen molar-refractivity contribution in [2.75, 3.05) is 0 Å². The highest BCUT2D eigenvalue weighted by Crippen LogP contribution is 2.20. The zero-order valence-corrected chi connectivity index (χ0v) is 9.57. The van der Waals surface area contributed by atoms with Crippen LogP contribution in [0.2, 0.25) is 0 Å². The molecule has 2 rings (SSSR count). The molecule has 0 amide bonds. The van der Waals surface area contributed by atoms with Gasteiger partial charge in [-0.1, -0.05) is 6.07 Å². The van der Waals surface area contributed by atoms with Crippen molar-refractivity contribution in [1.29, 1.82) is 0 Å². The molecule has 1 heterocycles. The monoisotopic (exact) mass is 235 g/mol. The maximum Gasteiger partial charge on any atom is 0.146 e. The Kier molecular flexibility index (Phi) is 3.44. The van der Waals surface area contributed by atoms with Gasteiger partial charge in [0.05, 0.1) is 6.26 Å². The quantitative estimate of drug-likeness (QED) is 0.886. The van der Waals surface area contributed by atoms with Crippen molar-refractivity contribution in [2.45, 2.75) is 20.1 Å². The summed E-state index contributed by atoms with van der Waals surface area (Å²) in [6, 6.07) is 6.27. The Balaban J connectivity index is 2.04. The molecule has 0 unspecified atom stereocenters.